The molecule has 3 aromatic rings. The van der Waals surface area contributed by atoms with Gasteiger partial charge in [-0.25, -0.2) is 9.13 Å². The molecule has 2 aromatic carbocycles. The van der Waals surface area contributed by atoms with Crippen molar-refractivity contribution < 1.29 is 4.57 Å². The van der Waals surface area contributed by atoms with Gasteiger partial charge in [-0.15, -0.1) is 0 Å². The minimum absolute atomic E-state index is 0.831. The highest BCUT2D eigenvalue weighted by Gasteiger charge is 2.14. The Hall–Kier alpha value is -3.01. The van der Waals surface area contributed by atoms with Gasteiger partial charge in [-0.05, 0) is 70.2 Å². The van der Waals surface area contributed by atoms with E-state index in [-0.39, 0.29) is 0 Å². The lowest BCUT2D eigenvalue weighted by Crippen LogP contribution is -2.24. The first-order valence-corrected chi connectivity index (χ1v) is 11.5. The topological polar surface area (TPSA) is 33.5 Å². The van der Waals surface area contributed by atoms with Crippen LogP contribution in [0.4, 0.5) is 11.4 Å². The van der Waals surface area contributed by atoms with E-state index in [0.29, 0.717) is 0 Å². The van der Waals surface area contributed by atoms with Crippen LogP contribution < -0.4 is 4.57 Å². The van der Waals surface area contributed by atoms with E-state index in [1.165, 1.54) is 33.4 Å². The smallest absolute Gasteiger partial charge is 0.243 e. The van der Waals surface area contributed by atoms with Crippen molar-refractivity contribution in [2.45, 2.75) is 67.9 Å². The van der Waals surface area contributed by atoms with Crippen LogP contribution in [0.1, 0.15) is 53.1 Å². The summed E-state index contributed by atoms with van der Waals surface area (Å²) < 4.78 is 4.28. The minimum Gasteiger partial charge on any atom is -0.251 e. The van der Waals surface area contributed by atoms with Gasteiger partial charge in [0.2, 0.25) is 6.33 Å². The van der Waals surface area contributed by atoms with E-state index in [0.717, 1.165) is 42.2 Å². The molecule has 32 heavy (non-hydrogen) atoms. The van der Waals surface area contributed by atoms with Gasteiger partial charge in [0.1, 0.15) is 12.4 Å². The molecule has 0 atom stereocenters. The van der Waals surface area contributed by atoms with Gasteiger partial charge in [0.25, 0.3) is 0 Å². The van der Waals surface area contributed by atoms with Gasteiger partial charge in [0.05, 0.1) is 36.4 Å². The molecule has 1 aromatic heterocycles. The van der Waals surface area contributed by atoms with E-state index in [2.05, 4.69) is 101 Å². The lowest BCUT2D eigenvalue weighted by Gasteiger charge is -2.14. The molecule has 0 aliphatic carbocycles. The second kappa shape index (κ2) is 10.1. The molecule has 0 aliphatic heterocycles. The summed E-state index contributed by atoms with van der Waals surface area (Å²) in [5.74, 6) is 0. The minimum atomic E-state index is 0.831. The first-order valence-electron chi connectivity index (χ1n) is 11.5. The van der Waals surface area contributed by atoms with E-state index in [9.17, 15) is 0 Å². The highest BCUT2D eigenvalue weighted by molar-refractivity contribution is 6.43. The normalized spacial score (nSPS) is 12.5. The molecule has 0 N–H and O–H groups in total. The maximum atomic E-state index is 5.23. The average molecular weight is 430 g/mol. The monoisotopic (exact) mass is 429 g/mol. The Morgan fingerprint density at radius 2 is 1.25 bits per heavy atom. The summed E-state index contributed by atoms with van der Waals surface area (Å²) in [7, 11) is 2.05. The van der Waals surface area contributed by atoms with E-state index in [1.54, 1.807) is 0 Å². The molecule has 0 amide bonds. The Morgan fingerprint density at radius 1 is 0.781 bits per heavy atom. The average Bonchev–Trinajstić information content (AvgIpc) is 3.12. The van der Waals surface area contributed by atoms with Crippen LogP contribution in [0.5, 0.6) is 0 Å². The number of aryl methyl sites for hydroxylation is 8. The number of rotatable bonds is 7. The number of benzene rings is 2. The van der Waals surface area contributed by atoms with Gasteiger partial charge < -0.3 is 0 Å². The lowest BCUT2D eigenvalue weighted by molar-refractivity contribution is -0.671. The third-order valence-corrected chi connectivity index (χ3v) is 5.86. The fraction of sp³-hybridized carbons (Fsp3) is 0.393. The van der Waals surface area contributed by atoms with Crippen molar-refractivity contribution in [2.75, 3.05) is 0 Å². The van der Waals surface area contributed by atoms with Crippen LogP contribution in [0, 0.1) is 41.5 Å². The first-order chi connectivity index (χ1) is 15.2. The Balaban J connectivity index is 2.10. The van der Waals surface area contributed by atoms with Crippen LogP contribution in [0.2, 0.25) is 0 Å². The Labute approximate surface area is 193 Å². The molecular formula is C28H37N4+. The molecule has 0 fully saturated rings. The fourth-order valence-corrected chi connectivity index (χ4v) is 4.45. The summed E-state index contributed by atoms with van der Waals surface area (Å²) in [6.07, 6.45) is 7.96. The maximum absolute atomic E-state index is 5.23. The predicted octanol–water partition coefficient (Wildman–Crippen LogP) is 6.51. The number of aromatic nitrogens is 2. The highest BCUT2D eigenvalue weighted by atomic mass is 15.1. The van der Waals surface area contributed by atoms with Gasteiger partial charge in [-0.2, -0.15) is 0 Å². The van der Waals surface area contributed by atoms with Crippen molar-refractivity contribution in [3.05, 3.63) is 76.4 Å². The molecule has 0 saturated carbocycles. The summed E-state index contributed by atoms with van der Waals surface area (Å²) in [6, 6.07) is 8.85. The molecule has 3 rings (SSSR count). The second-order valence-electron chi connectivity index (χ2n) is 9.03. The zero-order chi connectivity index (χ0) is 23.4. The largest absolute Gasteiger partial charge is 0.251 e. The van der Waals surface area contributed by atoms with Crippen molar-refractivity contribution in [3.63, 3.8) is 0 Å². The summed E-state index contributed by atoms with van der Waals surface area (Å²) in [6.45, 7) is 15.9. The predicted molar refractivity (Wildman–Crippen MR) is 136 cm³/mol. The number of aliphatic imine (C=N–C) groups is 2. The maximum Gasteiger partial charge on any atom is 0.243 e. The van der Waals surface area contributed by atoms with E-state index in [4.69, 9.17) is 9.98 Å². The molecule has 4 heteroatoms. The molecule has 0 bridgehead atoms. The van der Waals surface area contributed by atoms with Gasteiger partial charge in [0.15, 0.2) is 0 Å². The van der Waals surface area contributed by atoms with E-state index in [1.807, 2.05) is 7.05 Å². The van der Waals surface area contributed by atoms with Crippen molar-refractivity contribution >= 4 is 22.8 Å². The standard InChI is InChI=1S/C28H37N4/c1-9-25(29-27-21(4)14-19(2)15-22(27)5)26(10-11-32-13-12-31(8)18-32)30-28-23(6)16-20(3)17-24(28)7/h12-18H,9-11H2,1-8H3/q+1. The van der Waals surface area contributed by atoms with Crippen LogP contribution in [0.25, 0.3) is 0 Å². The molecule has 0 unspecified atom stereocenters. The van der Waals surface area contributed by atoms with Gasteiger partial charge in [0, 0.05) is 6.42 Å². The summed E-state index contributed by atoms with van der Waals surface area (Å²) >= 11 is 0. The highest BCUT2D eigenvalue weighted by Crippen LogP contribution is 2.28. The number of nitrogens with zero attached hydrogens (tertiary/aromatic N) is 4. The summed E-state index contributed by atoms with van der Waals surface area (Å²) in [5.41, 5.74) is 11.7. The SMILES string of the molecule is CCC(=Nc1c(C)cc(C)cc1C)C(CCn1cc[n+](C)c1)=Nc1c(C)cc(C)cc1C. The molecule has 1 heterocycles. The van der Waals surface area contributed by atoms with Crippen LogP contribution in [0.3, 0.4) is 0 Å². The number of imidazole rings is 1. The third-order valence-electron chi connectivity index (χ3n) is 5.86. The van der Waals surface area contributed by atoms with Crippen molar-refractivity contribution in [1.82, 2.24) is 4.57 Å². The molecule has 168 valence electrons. The number of hydrogen-bond donors (Lipinski definition) is 0. The third kappa shape index (κ3) is 5.61. The summed E-state index contributed by atoms with van der Waals surface area (Å²) in [5, 5.41) is 0. The molecule has 0 aliphatic rings. The zero-order valence-corrected chi connectivity index (χ0v) is 21.0. The molecule has 0 saturated heterocycles. The Morgan fingerprint density at radius 3 is 1.66 bits per heavy atom. The first kappa shape index (κ1) is 23.6. The van der Waals surface area contributed by atoms with Gasteiger partial charge >= 0.3 is 0 Å². The number of hydrogen-bond acceptors (Lipinski definition) is 2. The van der Waals surface area contributed by atoms with Crippen LogP contribution in [0.15, 0.2) is 53.0 Å². The van der Waals surface area contributed by atoms with E-state index >= 15 is 0 Å². The van der Waals surface area contributed by atoms with Crippen LogP contribution in [-0.4, -0.2) is 16.0 Å². The van der Waals surface area contributed by atoms with Gasteiger partial charge in [-0.1, -0.05) is 42.3 Å². The van der Waals surface area contributed by atoms with Crippen LogP contribution in [-0.2, 0) is 13.6 Å². The fourth-order valence-electron chi connectivity index (χ4n) is 4.45. The molecule has 0 radical (unpaired) electrons. The quantitative estimate of drug-likeness (QED) is 0.303. The molecule has 0 spiro atoms. The summed E-state index contributed by atoms with van der Waals surface area (Å²) in [4.78, 5) is 10.4. The van der Waals surface area contributed by atoms with Gasteiger partial charge in [-0.3, -0.25) is 9.98 Å². The van der Waals surface area contributed by atoms with E-state index < -0.39 is 0 Å². The van der Waals surface area contributed by atoms with Crippen molar-refractivity contribution in [2.24, 2.45) is 17.0 Å². The zero-order valence-electron chi connectivity index (χ0n) is 21.0. The molecule has 4 nitrogen and oxygen atoms in total. The lowest BCUT2D eigenvalue weighted by atomic mass is 10.0. The Kier molecular flexibility index (Phi) is 7.44. The molecular weight excluding hydrogens is 392 g/mol. The Bertz CT molecular complexity index is 1130. The van der Waals surface area contributed by atoms with Crippen molar-refractivity contribution in [1.29, 1.82) is 0 Å². The van der Waals surface area contributed by atoms with Crippen LogP contribution >= 0.6 is 0 Å². The van der Waals surface area contributed by atoms with Crippen molar-refractivity contribution in [3.8, 4) is 0 Å². The second-order valence-corrected chi connectivity index (χ2v) is 9.03.